The van der Waals surface area contributed by atoms with Crippen molar-refractivity contribution in [1.82, 2.24) is 19.7 Å². The number of rotatable bonds is 5. The molecule has 0 fully saturated rings. The molecule has 0 aliphatic rings. The minimum Gasteiger partial charge on any atom is -0.325 e. The van der Waals surface area contributed by atoms with E-state index in [1.807, 2.05) is 19.9 Å². The molecule has 0 saturated carbocycles. The number of thioether (sulfide) groups is 1. The van der Waals surface area contributed by atoms with Crippen LogP contribution in [0.1, 0.15) is 11.1 Å². The first kappa shape index (κ1) is 21.4. The zero-order valence-corrected chi connectivity index (χ0v) is 18.9. The summed E-state index contributed by atoms with van der Waals surface area (Å²) in [5.74, 6) is -0.208. The lowest BCUT2D eigenvalue weighted by Crippen LogP contribution is -2.22. The Balaban J connectivity index is 1.66. The average Bonchev–Trinajstić information content (AvgIpc) is 3.21. The number of halogens is 2. The Bertz CT molecular complexity index is 1370. The van der Waals surface area contributed by atoms with Gasteiger partial charge >= 0.3 is 0 Å². The fourth-order valence-corrected chi connectivity index (χ4v) is 4.13. The number of aromatic nitrogens is 4. The Labute approximate surface area is 191 Å². The second kappa shape index (κ2) is 8.74. The van der Waals surface area contributed by atoms with E-state index in [-0.39, 0.29) is 17.2 Å². The van der Waals surface area contributed by atoms with Crippen LogP contribution in [0.4, 0.5) is 5.69 Å². The molecule has 0 atom stereocenters. The van der Waals surface area contributed by atoms with Crippen molar-refractivity contribution in [3.8, 4) is 5.69 Å². The summed E-state index contributed by atoms with van der Waals surface area (Å²) >= 11 is 13.5. The Kier molecular flexibility index (Phi) is 6.04. The quantitative estimate of drug-likeness (QED) is 0.321. The molecule has 2 N–H and O–H groups in total. The van der Waals surface area contributed by atoms with E-state index < -0.39 is 0 Å². The van der Waals surface area contributed by atoms with E-state index in [4.69, 9.17) is 23.2 Å². The molecule has 0 unspecified atom stereocenters. The van der Waals surface area contributed by atoms with E-state index >= 15 is 0 Å². The van der Waals surface area contributed by atoms with Gasteiger partial charge in [-0.05, 0) is 49.2 Å². The van der Waals surface area contributed by atoms with Crippen LogP contribution in [0, 0.1) is 13.8 Å². The number of aryl methyl sites for hydroxylation is 1. The van der Waals surface area contributed by atoms with Crippen LogP contribution in [0.3, 0.4) is 0 Å². The molecule has 2 heterocycles. The highest BCUT2D eigenvalue weighted by molar-refractivity contribution is 7.99. The van der Waals surface area contributed by atoms with Crippen molar-refractivity contribution in [3.63, 3.8) is 0 Å². The smallest absolute Gasteiger partial charge is 0.269 e. The Morgan fingerprint density at radius 3 is 2.77 bits per heavy atom. The highest BCUT2D eigenvalue weighted by atomic mass is 35.5. The second-order valence-corrected chi connectivity index (χ2v) is 8.61. The molecule has 2 aromatic heterocycles. The summed E-state index contributed by atoms with van der Waals surface area (Å²) in [6.45, 7) is 3.71. The Morgan fingerprint density at radius 1 is 1.19 bits per heavy atom. The molecule has 0 aliphatic heterocycles. The van der Waals surface area contributed by atoms with Crippen molar-refractivity contribution in [3.05, 3.63) is 74.1 Å². The van der Waals surface area contributed by atoms with Crippen molar-refractivity contribution in [2.24, 2.45) is 0 Å². The van der Waals surface area contributed by atoms with Gasteiger partial charge in [-0.15, -0.1) is 0 Å². The molecule has 1 amide bonds. The van der Waals surface area contributed by atoms with Crippen LogP contribution in [-0.4, -0.2) is 31.4 Å². The van der Waals surface area contributed by atoms with E-state index in [1.165, 1.54) is 10.8 Å². The first-order valence-corrected chi connectivity index (χ1v) is 11.0. The number of hydrogen-bond acceptors (Lipinski definition) is 5. The molecule has 0 aliphatic carbocycles. The van der Waals surface area contributed by atoms with Gasteiger partial charge in [-0.2, -0.15) is 5.10 Å². The van der Waals surface area contributed by atoms with Crippen LogP contribution in [0.15, 0.2) is 52.5 Å². The summed E-state index contributed by atoms with van der Waals surface area (Å²) in [4.78, 5) is 30.2. The van der Waals surface area contributed by atoms with Gasteiger partial charge in [0.25, 0.3) is 5.56 Å². The van der Waals surface area contributed by atoms with Crippen LogP contribution >= 0.6 is 35.0 Å². The van der Waals surface area contributed by atoms with Gasteiger partial charge in [0.2, 0.25) is 5.91 Å². The average molecular weight is 474 g/mol. The maximum Gasteiger partial charge on any atom is 0.269 e. The largest absolute Gasteiger partial charge is 0.325 e. The van der Waals surface area contributed by atoms with Gasteiger partial charge in [-0.3, -0.25) is 19.3 Å². The topological polar surface area (TPSA) is 92.7 Å². The second-order valence-electron chi connectivity index (χ2n) is 6.85. The lowest BCUT2D eigenvalue weighted by molar-refractivity contribution is -0.113. The molecular weight excluding hydrogens is 457 g/mol. The van der Waals surface area contributed by atoms with Crippen molar-refractivity contribution in [2.75, 3.05) is 11.1 Å². The highest BCUT2D eigenvalue weighted by Crippen LogP contribution is 2.26. The van der Waals surface area contributed by atoms with Crippen LogP contribution in [0.2, 0.25) is 10.0 Å². The van der Waals surface area contributed by atoms with Gasteiger partial charge in [0.1, 0.15) is 5.39 Å². The zero-order chi connectivity index (χ0) is 22.1. The number of carbonyl (C=O) groups is 1. The lowest BCUT2D eigenvalue weighted by Gasteiger charge is -2.13. The van der Waals surface area contributed by atoms with Gasteiger partial charge in [0, 0.05) is 15.7 Å². The van der Waals surface area contributed by atoms with Gasteiger partial charge in [-0.25, -0.2) is 4.98 Å². The first-order chi connectivity index (χ1) is 14.8. The molecule has 158 valence electrons. The summed E-state index contributed by atoms with van der Waals surface area (Å²) in [6.07, 6.45) is 1.43. The lowest BCUT2D eigenvalue weighted by atomic mass is 10.2. The van der Waals surface area contributed by atoms with E-state index in [1.54, 1.807) is 30.3 Å². The minimum atomic E-state index is -0.299. The SMILES string of the molecule is Cc1ccc(-n2c(SCC(=O)Nc3cccc(Cl)c3C)nc3[nH]ncc3c2=O)cc1Cl. The van der Waals surface area contributed by atoms with Gasteiger partial charge in [0.05, 0.1) is 17.6 Å². The van der Waals surface area contributed by atoms with Crippen molar-refractivity contribution >= 4 is 57.6 Å². The Hall–Kier alpha value is -2.81. The number of fused-ring (bicyclic) bond motifs is 1. The molecule has 4 rings (SSSR count). The highest BCUT2D eigenvalue weighted by Gasteiger charge is 2.17. The molecule has 10 heteroatoms. The summed E-state index contributed by atoms with van der Waals surface area (Å²) in [7, 11) is 0. The number of amides is 1. The third-order valence-electron chi connectivity index (χ3n) is 4.74. The molecule has 0 bridgehead atoms. The summed E-state index contributed by atoms with van der Waals surface area (Å²) in [5, 5.41) is 11.3. The predicted octanol–water partition coefficient (Wildman–Crippen LogP) is 4.76. The summed E-state index contributed by atoms with van der Waals surface area (Å²) < 4.78 is 1.44. The summed E-state index contributed by atoms with van der Waals surface area (Å²) in [5.41, 5.74) is 2.93. The van der Waals surface area contributed by atoms with E-state index in [2.05, 4.69) is 20.5 Å². The van der Waals surface area contributed by atoms with Gasteiger partial charge < -0.3 is 5.32 Å². The Morgan fingerprint density at radius 2 is 2.00 bits per heavy atom. The third kappa shape index (κ3) is 4.32. The van der Waals surface area contributed by atoms with E-state index in [0.29, 0.717) is 37.6 Å². The number of nitrogens with one attached hydrogen (secondary N) is 2. The van der Waals surface area contributed by atoms with Crippen molar-refractivity contribution < 1.29 is 4.79 Å². The van der Waals surface area contributed by atoms with Crippen LogP contribution in [0.5, 0.6) is 0 Å². The fraction of sp³-hybridized carbons (Fsp3) is 0.143. The van der Waals surface area contributed by atoms with E-state index in [9.17, 15) is 9.59 Å². The fourth-order valence-electron chi connectivity index (χ4n) is 2.98. The number of nitrogens with zero attached hydrogens (tertiary/aromatic N) is 3. The molecule has 0 radical (unpaired) electrons. The standard InChI is InChI=1S/C21H17Cl2N5O2S/c1-11-6-7-13(8-16(11)23)28-20(30)14-9-24-27-19(14)26-21(28)31-10-18(29)25-17-5-3-4-15(22)12(17)2/h3-9H,10H2,1-2H3,(H,24,27)(H,25,29). The normalized spacial score (nSPS) is 11.1. The molecular formula is C21H17Cl2N5O2S. The van der Waals surface area contributed by atoms with Gasteiger partial charge in [0.15, 0.2) is 10.8 Å². The minimum absolute atomic E-state index is 0.0393. The maximum absolute atomic E-state index is 13.1. The number of H-pyrrole nitrogens is 1. The molecule has 7 nitrogen and oxygen atoms in total. The molecule has 4 aromatic rings. The molecule has 31 heavy (non-hydrogen) atoms. The van der Waals surface area contributed by atoms with E-state index in [0.717, 1.165) is 22.9 Å². The van der Waals surface area contributed by atoms with Crippen LogP contribution in [0.25, 0.3) is 16.7 Å². The van der Waals surface area contributed by atoms with Crippen molar-refractivity contribution in [2.45, 2.75) is 19.0 Å². The molecule has 2 aromatic carbocycles. The summed E-state index contributed by atoms with van der Waals surface area (Å²) in [6, 6.07) is 10.6. The number of anilines is 1. The van der Waals surface area contributed by atoms with Gasteiger partial charge in [-0.1, -0.05) is 47.1 Å². The number of hydrogen-bond donors (Lipinski definition) is 2. The maximum atomic E-state index is 13.1. The van der Waals surface area contributed by atoms with Crippen LogP contribution in [-0.2, 0) is 4.79 Å². The first-order valence-electron chi connectivity index (χ1n) is 9.25. The monoisotopic (exact) mass is 473 g/mol. The number of benzene rings is 2. The van der Waals surface area contributed by atoms with Crippen LogP contribution < -0.4 is 10.9 Å². The zero-order valence-electron chi connectivity index (χ0n) is 16.6. The molecule has 0 saturated heterocycles. The van der Waals surface area contributed by atoms with Crippen molar-refractivity contribution in [1.29, 1.82) is 0 Å². The number of aromatic amines is 1. The predicted molar refractivity (Wildman–Crippen MR) is 125 cm³/mol. The number of carbonyl (C=O) groups excluding carboxylic acids is 1. The third-order valence-corrected chi connectivity index (χ3v) is 6.49. The molecule has 0 spiro atoms.